The zero-order valence-corrected chi connectivity index (χ0v) is 19.4. The molecule has 0 atom stereocenters. The van der Waals surface area contributed by atoms with E-state index in [0.717, 1.165) is 18.4 Å². The van der Waals surface area contributed by atoms with Gasteiger partial charge in [-0.05, 0) is 71.9 Å². The van der Waals surface area contributed by atoms with E-state index in [4.69, 9.17) is 14.2 Å². The zero-order chi connectivity index (χ0) is 23.0. The Kier molecular flexibility index (Phi) is 6.53. The van der Waals surface area contributed by atoms with Crippen molar-refractivity contribution >= 4 is 12.1 Å². The van der Waals surface area contributed by atoms with Gasteiger partial charge in [-0.3, -0.25) is 0 Å². The predicted octanol–water partition coefficient (Wildman–Crippen LogP) is 5.44. The summed E-state index contributed by atoms with van der Waals surface area (Å²) in [5.41, 5.74) is -0.418. The Morgan fingerprint density at radius 2 is 1.52 bits per heavy atom. The summed E-state index contributed by atoms with van der Waals surface area (Å²) in [5, 5.41) is 0. The lowest BCUT2D eigenvalue weighted by molar-refractivity contribution is 0.00636. The van der Waals surface area contributed by atoms with E-state index in [9.17, 15) is 14.0 Å². The molecule has 2 fully saturated rings. The van der Waals surface area contributed by atoms with Crippen LogP contribution in [0.1, 0.15) is 89.1 Å². The van der Waals surface area contributed by atoms with Crippen LogP contribution < -0.4 is 4.74 Å². The van der Waals surface area contributed by atoms with Gasteiger partial charge < -0.3 is 19.1 Å². The SMILES string of the molecule is CC(C)(C)OC(=O)c1cc(C2CC2)c(OC2CCN(C(=O)OC(C)(C)C)CC2)cc1F. The highest BCUT2D eigenvalue weighted by Gasteiger charge is 2.33. The highest BCUT2D eigenvalue weighted by atomic mass is 19.1. The Hall–Kier alpha value is -2.31. The number of hydrogen-bond acceptors (Lipinski definition) is 5. The summed E-state index contributed by atoms with van der Waals surface area (Å²) >= 11 is 0. The number of benzene rings is 1. The summed E-state index contributed by atoms with van der Waals surface area (Å²) in [6, 6.07) is 2.90. The average Bonchev–Trinajstić information content (AvgIpc) is 3.44. The summed E-state index contributed by atoms with van der Waals surface area (Å²) in [6.07, 6.45) is 2.82. The van der Waals surface area contributed by atoms with E-state index in [1.54, 1.807) is 31.7 Å². The molecular formula is C24H34FNO5. The number of piperidine rings is 1. The number of carbonyl (C=O) groups is 2. The number of ether oxygens (including phenoxy) is 3. The molecule has 31 heavy (non-hydrogen) atoms. The first-order valence-corrected chi connectivity index (χ1v) is 11.0. The molecule has 2 aliphatic rings. The molecule has 0 N–H and O–H groups in total. The fraction of sp³-hybridized carbons (Fsp3) is 0.667. The molecule has 0 radical (unpaired) electrons. The molecule has 6 nitrogen and oxygen atoms in total. The summed E-state index contributed by atoms with van der Waals surface area (Å²) < 4.78 is 31.7. The van der Waals surface area contributed by atoms with Crippen LogP contribution in [0.3, 0.4) is 0 Å². The van der Waals surface area contributed by atoms with E-state index < -0.39 is 23.0 Å². The van der Waals surface area contributed by atoms with Gasteiger partial charge >= 0.3 is 12.1 Å². The number of amides is 1. The van der Waals surface area contributed by atoms with Crippen molar-refractivity contribution in [1.82, 2.24) is 4.90 Å². The van der Waals surface area contributed by atoms with Crippen molar-refractivity contribution in [3.05, 3.63) is 29.1 Å². The molecule has 0 aromatic heterocycles. The lowest BCUT2D eigenvalue weighted by Gasteiger charge is -2.33. The minimum atomic E-state index is -0.694. The molecule has 1 saturated carbocycles. The Balaban J connectivity index is 1.68. The van der Waals surface area contributed by atoms with Gasteiger partial charge in [0.2, 0.25) is 0 Å². The van der Waals surface area contributed by atoms with E-state index in [0.29, 0.717) is 31.7 Å². The van der Waals surface area contributed by atoms with Crippen molar-refractivity contribution in [3.63, 3.8) is 0 Å². The summed E-state index contributed by atoms with van der Waals surface area (Å²) in [4.78, 5) is 26.3. The fourth-order valence-electron chi connectivity index (χ4n) is 3.54. The quantitative estimate of drug-likeness (QED) is 0.590. The van der Waals surface area contributed by atoms with Crippen molar-refractivity contribution in [1.29, 1.82) is 0 Å². The number of carbonyl (C=O) groups excluding carboxylic acids is 2. The molecule has 3 rings (SSSR count). The highest BCUT2D eigenvalue weighted by molar-refractivity contribution is 5.90. The first-order valence-electron chi connectivity index (χ1n) is 11.0. The molecule has 0 bridgehead atoms. The Labute approximate surface area is 184 Å². The van der Waals surface area contributed by atoms with Gasteiger partial charge in [0, 0.05) is 32.0 Å². The zero-order valence-electron chi connectivity index (χ0n) is 19.4. The Morgan fingerprint density at radius 3 is 2.03 bits per heavy atom. The lowest BCUT2D eigenvalue weighted by Crippen LogP contribution is -2.44. The maximum absolute atomic E-state index is 14.8. The van der Waals surface area contributed by atoms with E-state index in [2.05, 4.69) is 0 Å². The third kappa shape index (κ3) is 6.58. The average molecular weight is 436 g/mol. The van der Waals surface area contributed by atoms with Crippen LogP contribution in [0, 0.1) is 5.82 Å². The van der Waals surface area contributed by atoms with Crippen LogP contribution in [0.25, 0.3) is 0 Å². The summed E-state index contributed by atoms with van der Waals surface area (Å²) in [5.74, 6) is -0.536. The molecule has 1 aliphatic heterocycles. The van der Waals surface area contributed by atoms with Crippen molar-refractivity contribution in [2.75, 3.05) is 13.1 Å². The van der Waals surface area contributed by atoms with E-state index >= 15 is 0 Å². The maximum atomic E-state index is 14.8. The number of likely N-dealkylation sites (tertiary alicyclic amines) is 1. The summed E-state index contributed by atoms with van der Waals surface area (Å²) in [7, 11) is 0. The molecule has 1 saturated heterocycles. The molecule has 1 heterocycles. The highest BCUT2D eigenvalue weighted by Crippen LogP contribution is 2.45. The number of rotatable bonds is 4. The van der Waals surface area contributed by atoms with Gasteiger partial charge in [-0.25, -0.2) is 14.0 Å². The van der Waals surface area contributed by atoms with E-state index in [1.165, 1.54) is 6.07 Å². The number of esters is 1. The Morgan fingerprint density at radius 1 is 0.935 bits per heavy atom. The third-order valence-electron chi connectivity index (χ3n) is 5.12. The van der Waals surface area contributed by atoms with Gasteiger partial charge in [-0.1, -0.05) is 0 Å². The number of hydrogen-bond donors (Lipinski definition) is 0. The molecule has 1 aliphatic carbocycles. The fourth-order valence-corrected chi connectivity index (χ4v) is 3.54. The van der Waals surface area contributed by atoms with Gasteiger partial charge in [0.25, 0.3) is 0 Å². The van der Waals surface area contributed by atoms with Gasteiger partial charge in [0.1, 0.15) is 28.9 Å². The van der Waals surface area contributed by atoms with Crippen LogP contribution in [0.5, 0.6) is 5.75 Å². The van der Waals surface area contributed by atoms with Gasteiger partial charge in [0.05, 0.1) is 5.56 Å². The second-order valence-electron chi connectivity index (χ2n) is 10.4. The predicted molar refractivity (Wildman–Crippen MR) is 115 cm³/mol. The Bertz CT molecular complexity index is 828. The molecule has 0 unspecified atom stereocenters. The van der Waals surface area contributed by atoms with Crippen LogP contribution in [-0.4, -0.2) is 47.4 Å². The van der Waals surface area contributed by atoms with Crippen molar-refractivity contribution < 1.29 is 28.2 Å². The molecule has 1 amide bonds. The van der Waals surface area contributed by atoms with Gasteiger partial charge in [-0.15, -0.1) is 0 Å². The third-order valence-corrected chi connectivity index (χ3v) is 5.12. The molecule has 0 spiro atoms. The molecule has 1 aromatic carbocycles. The van der Waals surface area contributed by atoms with Crippen LogP contribution in [0.15, 0.2) is 12.1 Å². The second-order valence-corrected chi connectivity index (χ2v) is 10.4. The lowest BCUT2D eigenvalue weighted by atomic mass is 10.0. The first-order chi connectivity index (χ1) is 14.3. The van der Waals surface area contributed by atoms with Crippen LogP contribution >= 0.6 is 0 Å². The normalized spacial score (nSPS) is 18.0. The number of nitrogens with zero attached hydrogens (tertiary/aromatic N) is 1. The minimum absolute atomic E-state index is 0.0519. The second kappa shape index (κ2) is 8.67. The maximum Gasteiger partial charge on any atom is 0.410 e. The first kappa shape index (κ1) is 23.4. The van der Waals surface area contributed by atoms with Crippen LogP contribution in [0.4, 0.5) is 9.18 Å². The molecular weight excluding hydrogens is 401 g/mol. The topological polar surface area (TPSA) is 65.1 Å². The smallest absolute Gasteiger partial charge is 0.410 e. The minimum Gasteiger partial charge on any atom is -0.490 e. The van der Waals surface area contributed by atoms with Crippen LogP contribution in [0.2, 0.25) is 0 Å². The van der Waals surface area contributed by atoms with Gasteiger partial charge in [-0.2, -0.15) is 0 Å². The van der Waals surface area contributed by atoms with Crippen molar-refractivity contribution in [3.8, 4) is 5.75 Å². The van der Waals surface area contributed by atoms with Crippen LogP contribution in [-0.2, 0) is 9.47 Å². The largest absolute Gasteiger partial charge is 0.490 e. The van der Waals surface area contributed by atoms with Crippen molar-refractivity contribution in [2.45, 2.75) is 90.4 Å². The van der Waals surface area contributed by atoms with E-state index in [-0.39, 0.29) is 23.7 Å². The monoisotopic (exact) mass is 435 g/mol. The van der Waals surface area contributed by atoms with Gasteiger partial charge in [0.15, 0.2) is 0 Å². The molecule has 7 heteroatoms. The molecule has 172 valence electrons. The van der Waals surface area contributed by atoms with Crippen molar-refractivity contribution in [2.24, 2.45) is 0 Å². The van der Waals surface area contributed by atoms with E-state index in [1.807, 2.05) is 20.8 Å². The standard InChI is InChI=1S/C24H34FNO5/c1-23(2,3)30-21(27)18-13-17(15-7-8-15)20(14-19(18)25)29-16-9-11-26(12-10-16)22(28)31-24(4,5)6/h13-16H,7-12H2,1-6H3. The molecule has 1 aromatic rings. The summed E-state index contributed by atoms with van der Waals surface area (Å²) in [6.45, 7) is 11.8. The number of halogens is 1.